The van der Waals surface area contributed by atoms with E-state index in [-0.39, 0.29) is 13.0 Å². The molecular weight excluding hydrogens is 219 g/mol. The third-order valence-corrected chi connectivity index (χ3v) is 3.10. The van der Waals surface area contributed by atoms with Crippen molar-refractivity contribution in [3.63, 3.8) is 0 Å². The summed E-state index contributed by atoms with van der Waals surface area (Å²) in [5.74, 6) is 0. The van der Waals surface area contributed by atoms with Gasteiger partial charge in [-0.1, -0.05) is 0 Å². The van der Waals surface area contributed by atoms with Crippen LogP contribution in [-0.2, 0) is 0 Å². The van der Waals surface area contributed by atoms with E-state index in [1.54, 1.807) is 0 Å². The van der Waals surface area contributed by atoms with Crippen molar-refractivity contribution in [2.45, 2.75) is 50.7 Å². The van der Waals surface area contributed by atoms with Crippen molar-refractivity contribution in [2.75, 3.05) is 19.7 Å². The topological polar surface area (TPSA) is 23.5 Å². The monoisotopic (exact) mass is 239 g/mol. The van der Waals surface area contributed by atoms with Crippen LogP contribution in [-0.4, -0.2) is 41.9 Å². The quantitative estimate of drug-likeness (QED) is 0.770. The summed E-state index contributed by atoms with van der Waals surface area (Å²) in [5, 5.41) is 8.73. The molecule has 0 amide bonds. The zero-order valence-electron chi connectivity index (χ0n) is 9.47. The number of rotatable bonds is 6. The van der Waals surface area contributed by atoms with Crippen molar-refractivity contribution in [2.24, 2.45) is 0 Å². The molecule has 1 saturated heterocycles. The van der Waals surface area contributed by atoms with Crippen LogP contribution in [0.1, 0.15) is 38.5 Å². The second-order valence-electron chi connectivity index (χ2n) is 4.42. The standard InChI is InChI=1S/C11H20F3NO/c12-11(13,14)6-3-8-15-7-1-4-10(15)5-2-9-16/h10,16H,1-9H2. The van der Waals surface area contributed by atoms with Crippen LogP contribution < -0.4 is 0 Å². The van der Waals surface area contributed by atoms with Gasteiger partial charge < -0.3 is 10.0 Å². The van der Waals surface area contributed by atoms with Gasteiger partial charge in [-0.2, -0.15) is 13.2 Å². The molecule has 5 heteroatoms. The SMILES string of the molecule is OCCCC1CCCN1CCCC(F)(F)F. The lowest BCUT2D eigenvalue weighted by molar-refractivity contribution is -0.136. The number of aliphatic hydroxyl groups excluding tert-OH is 1. The smallest absolute Gasteiger partial charge is 0.389 e. The van der Waals surface area contributed by atoms with E-state index in [4.69, 9.17) is 5.11 Å². The van der Waals surface area contributed by atoms with Crippen LogP contribution in [0, 0.1) is 0 Å². The molecule has 16 heavy (non-hydrogen) atoms. The van der Waals surface area contributed by atoms with E-state index in [9.17, 15) is 13.2 Å². The highest BCUT2D eigenvalue weighted by Gasteiger charge is 2.28. The number of hydrogen-bond acceptors (Lipinski definition) is 2. The molecule has 1 unspecified atom stereocenters. The Morgan fingerprint density at radius 2 is 2.00 bits per heavy atom. The fraction of sp³-hybridized carbons (Fsp3) is 1.00. The van der Waals surface area contributed by atoms with Crippen molar-refractivity contribution in [3.05, 3.63) is 0 Å². The van der Waals surface area contributed by atoms with E-state index in [0.717, 1.165) is 32.2 Å². The van der Waals surface area contributed by atoms with Gasteiger partial charge in [0.1, 0.15) is 0 Å². The van der Waals surface area contributed by atoms with Gasteiger partial charge in [0, 0.05) is 19.1 Å². The van der Waals surface area contributed by atoms with Crippen LogP contribution in [0.3, 0.4) is 0 Å². The van der Waals surface area contributed by atoms with Crippen molar-refractivity contribution >= 4 is 0 Å². The molecule has 0 aromatic heterocycles. The first-order valence-electron chi connectivity index (χ1n) is 5.94. The van der Waals surface area contributed by atoms with Gasteiger partial charge >= 0.3 is 6.18 Å². The molecule has 0 radical (unpaired) electrons. The maximum absolute atomic E-state index is 12.0. The van der Waals surface area contributed by atoms with E-state index in [1.165, 1.54) is 0 Å². The fourth-order valence-corrected chi connectivity index (χ4v) is 2.33. The first-order chi connectivity index (χ1) is 7.53. The molecule has 0 saturated carbocycles. The molecule has 0 bridgehead atoms. The van der Waals surface area contributed by atoms with Crippen molar-refractivity contribution in [1.29, 1.82) is 0 Å². The summed E-state index contributed by atoms with van der Waals surface area (Å²) in [4.78, 5) is 2.14. The molecule has 0 aromatic carbocycles. The Morgan fingerprint density at radius 3 is 2.62 bits per heavy atom. The van der Waals surface area contributed by atoms with Crippen LogP contribution in [0.25, 0.3) is 0 Å². The predicted molar refractivity (Wildman–Crippen MR) is 56.2 cm³/mol. The van der Waals surface area contributed by atoms with E-state index in [1.807, 2.05) is 0 Å². The lowest BCUT2D eigenvalue weighted by atomic mass is 10.1. The van der Waals surface area contributed by atoms with Gasteiger partial charge in [0.15, 0.2) is 0 Å². The first kappa shape index (κ1) is 13.8. The molecule has 96 valence electrons. The first-order valence-corrected chi connectivity index (χ1v) is 5.94. The Hall–Kier alpha value is -0.290. The van der Waals surface area contributed by atoms with E-state index < -0.39 is 12.6 Å². The van der Waals surface area contributed by atoms with Gasteiger partial charge in [-0.05, 0) is 45.2 Å². The highest BCUT2D eigenvalue weighted by atomic mass is 19.4. The van der Waals surface area contributed by atoms with Gasteiger partial charge in [0.25, 0.3) is 0 Å². The normalized spacial score (nSPS) is 22.9. The van der Waals surface area contributed by atoms with Gasteiger partial charge in [-0.3, -0.25) is 0 Å². The van der Waals surface area contributed by atoms with Crippen molar-refractivity contribution < 1.29 is 18.3 Å². The second-order valence-corrected chi connectivity index (χ2v) is 4.42. The summed E-state index contributed by atoms with van der Waals surface area (Å²) in [6, 6.07) is 0.389. The van der Waals surface area contributed by atoms with Crippen molar-refractivity contribution in [1.82, 2.24) is 4.90 Å². The molecule has 1 aliphatic rings. The number of nitrogens with zero attached hydrogens (tertiary/aromatic N) is 1. The summed E-state index contributed by atoms with van der Waals surface area (Å²) < 4.78 is 35.9. The number of likely N-dealkylation sites (tertiary alicyclic amines) is 1. The molecule has 1 N–H and O–H groups in total. The van der Waals surface area contributed by atoms with Crippen LogP contribution in [0.5, 0.6) is 0 Å². The molecule has 2 nitrogen and oxygen atoms in total. The van der Waals surface area contributed by atoms with Crippen molar-refractivity contribution in [3.8, 4) is 0 Å². The maximum atomic E-state index is 12.0. The third-order valence-electron chi connectivity index (χ3n) is 3.10. The predicted octanol–water partition coefficient (Wildman–Crippen LogP) is 2.57. The van der Waals surface area contributed by atoms with Crippen LogP contribution in [0.4, 0.5) is 13.2 Å². The third kappa shape index (κ3) is 5.16. The molecule has 1 fully saturated rings. The minimum Gasteiger partial charge on any atom is -0.396 e. The van der Waals surface area contributed by atoms with E-state index in [0.29, 0.717) is 12.6 Å². The van der Waals surface area contributed by atoms with Gasteiger partial charge in [0.05, 0.1) is 0 Å². The van der Waals surface area contributed by atoms with Crippen LogP contribution in [0.15, 0.2) is 0 Å². The summed E-state index contributed by atoms with van der Waals surface area (Å²) >= 11 is 0. The van der Waals surface area contributed by atoms with Crippen LogP contribution in [0.2, 0.25) is 0 Å². The minimum absolute atomic E-state index is 0.174. The Kier molecular flexibility index (Phi) is 5.55. The lowest BCUT2D eigenvalue weighted by Gasteiger charge is -2.24. The number of halogens is 3. The minimum atomic E-state index is -4.03. The highest BCUT2D eigenvalue weighted by Crippen LogP contribution is 2.25. The Labute approximate surface area is 94.4 Å². The summed E-state index contributed by atoms with van der Waals surface area (Å²) in [5.41, 5.74) is 0. The molecule has 1 heterocycles. The van der Waals surface area contributed by atoms with Gasteiger partial charge in [-0.15, -0.1) is 0 Å². The van der Waals surface area contributed by atoms with Gasteiger partial charge in [-0.25, -0.2) is 0 Å². The average Bonchev–Trinajstić information content (AvgIpc) is 2.60. The number of hydrogen-bond donors (Lipinski definition) is 1. The summed E-state index contributed by atoms with van der Waals surface area (Å²) in [6.45, 7) is 1.62. The molecule has 0 spiro atoms. The Bertz CT molecular complexity index is 196. The number of alkyl halides is 3. The number of aliphatic hydroxyl groups is 1. The summed E-state index contributed by atoms with van der Waals surface area (Å²) in [7, 11) is 0. The highest BCUT2D eigenvalue weighted by molar-refractivity contribution is 4.79. The lowest BCUT2D eigenvalue weighted by Crippen LogP contribution is -2.31. The maximum Gasteiger partial charge on any atom is 0.389 e. The molecule has 1 aliphatic heterocycles. The Morgan fingerprint density at radius 1 is 1.25 bits per heavy atom. The van der Waals surface area contributed by atoms with Crippen LogP contribution >= 0.6 is 0 Å². The molecule has 0 aromatic rings. The zero-order chi connectivity index (χ0) is 12.0. The molecule has 1 rings (SSSR count). The fourth-order valence-electron chi connectivity index (χ4n) is 2.33. The average molecular weight is 239 g/mol. The Balaban J connectivity index is 2.19. The molecule has 1 atom stereocenters. The molecular formula is C11H20F3NO. The second kappa shape index (κ2) is 6.45. The molecule has 0 aliphatic carbocycles. The van der Waals surface area contributed by atoms with E-state index >= 15 is 0 Å². The summed E-state index contributed by atoms with van der Waals surface area (Å²) in [6.07, 6.45) is -0.729. The zero-order valence-corrected chi connectivity index (χ0v) is 9.47. The van der Waals surface area contributed by atoms with Gasteiger partial charge in [0.2, 0.25) is 0 Å². The van der Waals surface area contributed by atoms with E-state index in [2.05, 4.69) is 4.90 Å². The largest absolute Gasteiger partial charge is 0.396 e.